The lowest BCUT2D eigenvalue weighted by Gasteiger charge is -2.04. The molecule has 0 fully saturated rings. The minimum absolute atomic E-state index is 0.0726. The Morgan fingerprint density at radius 1 is 1.24 bits per heavy atom. The van der Waals surface area contributed by atoms with Gasteiger partial charge in [-0.2, -0.15) is 0 Å². The Hall–Kier alpha value is -1.52. The SMILES string of the molecule is COC(=O)c1cc(=O)c2cc(Cl)c(Cl)cc2[nH]1. The zero-order valence-corrected chi connectivity index (χ0v) is 10.2. The largest absolute Gasteiger partial charge is 0.464 e. The molecular formula is C11H7Cl2NO3. The Bertz CT molecular complexity index is 664. The molecule has 0 aliphatic rings. The van der Waals surface area contributed by atoms with Crippen LogP contribution in [0.15, 0.2) is 23.0 Å². The number of esters is 1. The summed E-state index contributed by atoms with van der Waals surface area (Å²) in [5, 5.41) is 0.958. The highest BCUT2D eigenvalue weighted by Crippen LogP contribution is 2.25. The zero-order chi connectivity index (χ0) is 12.6. The highest BCUT2D eigenvalue weighted by molar-refractivity contribution is 6.42. The summed E-state index contributed by atoms with van der Waals surface area (Å²) in [7, 11) is 1.24. The van der Waals surface area contributed by atoms with Crippen LogP contribution in [0, 0.1) is 0 Å². The Morgan fingerprint density at radius 3 is 2.53 bits per heavy atom. The standard InChI is InChI=1S/C11H7Cl2NO3/c1-17-11(16)9-4-10(15)5-2-6(12)7(13)3-8(5)14-9/h2-4H,1H3,(H,14,15). The second kappa shape index (κ2) is 4.39. The summed E-state index contributed by atoms with van der Waals surface area (Å²) < 4.78 is 4.53. The molecule has 1 N–H and O–H groups in total. The van der Waals surface area contributed by atoms with E-state index >= 15 is 0 Å². The van der Waals surface area contributed by atoms with Gasteiger partial charge in [0.25, 0.3) is 0 Å². The molecule has 6 heteroatoms. The summed E-state index contributed by atoms with van der Waals surface area (Å²) in [5.74, 6) is -0.616. The van der Waals surface area contributed by atoms with E-state index < -0.39 is 5.97 Å². The minimum atomic E-state index is -0.616. The van der Waals surface area contributed by atoms with Gasteiger partial charge in [-0.25, -0.2) is 4.79 Å². The molecular weight excluding hydrogens is 265 g/mol. The summed E-state index contributed by atoms with van der Waals surface area (Å²) in [5.41, 5.74) is 0.188. The molecule has 0 radical (unpaired) electrons. The van der Waals surface area contributed by atoms with Crippen LogP contribution < -0.4 is 5.43 Å². The molecule has 0 amide bonds. The molecule has 4 nitrogen and oxygen atoms in total. The molecule has 88 valence electrons. The van der Waals surface area contributed by atoms with Crippen molar-refractivity contribution in [3.05, 3.63) is 44.2 Å². The van der Waals surface area contributed by atoms with Gasteiger partial charge in [0.05, 0.1) is 22.7 Å². The molecule has 0 aliphatic heterocycles. The third-order valence-electron chi connectivity index (χ3n) is 2.28. The van der Waals surface area contributed by atoms with Gasteiger partial charge in [-0.15, -0.1) is 0 Å². The third-order valence-corrected chi connectivity index (χ3v) is 3.00. The number of nitrogens with one attached hydrogen (secondary N) is 1. The smallest absolute Gasteiger partial charge is 0.354 e. The number of carbonyl (C=O) groups excluding carboxylic acids is 1. The minimum Gasteiger partial charge on any atom is -0.464 e. The first kappa shape index (κ1) is 12.0. The number of hydrogen-bond donors (Lipinski definition) is 1. The normalized spacial score (nSPS) is 10.5. The van der Waals surface area contributed by atoms with Gasteiger partial charge in [-0.05, 0) is 12.1 Å². The lowest BCUT2D eigenvalue weighted by molar-refractivity contribution is 0.0594. The molecule has 0 aliphatic carbocycles. The molecule has 0 bridgehead atoms. The molecule has 0 atom stereocenters. The maximum absolute atomic E-state index is 11.8. The van der Waals surface area contributed by atoms with E-state index in [9.17, 15) is 9.59 Å². The number of aromatic nitrogens is 1. The van der Waals surface area contributed by atoms with E-state index in [2.05, 4.69) is 9.72 Å². The lowest BCUT2D eigenvalue weighted by atomic mass is 10.2. The van der Waals surface area contributed by atoms with Crippen molar-refractivity contribution >= 4 is 40.1 Å². The summed E-state index contributed by atoms with van der Waals surface area (Å²) in [6.07, 6.45) is 0. The summed E-state index contributed by atoms with van der Waals surface area (Å²) in [6.45, 7) is 0. The molecule has 0 saturated heterocycles. The molecule has 17 heavy (non-hydrogen) atoms. The second-order valence-corrected chi connectivity index (χ2v) is 4.17. The van der Waals surface area contributed by atoms with E-state index in [1.54, 1.807) is 0 Å². The van der Waals surface area contributed by atoms with Crippen molar-refractivity contribution in [1.82, 2.24) is 4.98 Å². The fourth-order valence-electron chi connectivity index (χ4n) is 1.46. The predicted octanol–water partition coefficient (Wildman–Crippen LogP) is 2.62. The van der Waals surface area contributed by atoms with E-state index in [4.69, 9.17) is 23.2 Å². The Balaban J connectivity index is 2.78. The Morgan fingerprint density at radius 2 is 1.88 bits per heavy atom. The number of ether oxygens (including phenoxy) is 1. The van der Waals surface area contributed by atoms with Crippen molar-refractivity contribution in [3.8, 4) is 0 Å². The number of H-pyrrole nitrogens is 1. The maximum atomic E-state index is 11.8. The van der Waals surface area contributed by atoms with Crippen LogP contribution in [0.3, 0.4) is 0 Å². The van der Waals surface area contributed by atoms with Gasteiger partial charge in [0.2, 0.25) is 0 Å². The number of fused-ring (bicyclic) bond motifs is 1. The van der Waals surface area contributed by atoms with Gasteiger partial charge in [0.15, 0.2) is 5.43 Å². The van der Waals surface area contributed by atoms with Gasteiger partial charge in [-0.1, -0.05) is 23.2 Å². The van der Waals surface area contributed by atoms with Crippen molar-refractivity contribution in [1.29, 1.82) is 0 Å². The van der Waals surface area contributed by atoms with E-state index in [-0.39, 0.29) is 16.1 Å². The molecule has 0 spiro atoms. The number of methoxy groups -OCH3 is 1. The molecule has 1 heterocycles. The fraction of sp³-hybridized carbons (Fsp3) is 0.0909. The summed E-state index contributed by atoms with van der Waals surface area (Å²) in [6, 6.07) is 4.12. The van der Waals surface area contributed by atoms with Crippen LogP contribution in [0.1, 0.15) is 10.5 Å². The number of rotatable bonds is 1. The van der Waals surface area contributed by atoms with Gasteiger partial charge < -0.3 is 9.72 Å². The average Bonchev–Trinajstić information content (AvgIpc) is 2.30. The first-order valence-corrected chi connectivity index (χ1v) is 5.39. The van der Waals surface area contributed by atoms with Crippen molar-refractivity contribution in [2.45, 2.75) is 0 Å². The molecule has 2 aromatic rings. The second-order valence-electron chi connectivity index (χ2n) is 3.35. The van der Waals surface area contributed by atoms with Crippen LogP contribution in [0.25, 0.3) is 10.9 Å². The number of carbonyl (C=O) groups is 1. The lowest BCUT2D eigenvalue weighted by Crippen LogP contribution is -2.11. The van der Waals surface area contributed by atoms with E-state index in [1.165, 1.54) is 25.3 Å². The van der Waals surface area contributed by atoms with Crippen LogP contribution in [0.5, 0.6) is 0 Å². The van der Waals surface area contributed by atoms with Crippen LogP contribution in [0.4, 0.5) is 0 Å². The van der Waals surface area contributed by atoms with Gasteiger partial charge in [0.1, 0.15) is 5.69 Å². The number of benzene rings is 1. The van der Waals surface area contributed by atoms with Gasteiger partial charge >= 0.3 is 5.97 Å². The topological polar surface area (TPSA) is 59.2 Å². The average molecular weight is 272 g/mol. The van der Waals surface area contributed by atoms with E-state index in [0.29, 0.717) is 15.9 Å². The highest BCUT2D eigenvalue weighted by atomic mass is 35.5. The van der Waals surface area contributed by atoms with Crippen LogP contribution in [-0.2, 0) is 4.74 Å². The quantitative estimate of drug-likeness (QED) is 0.812. The van der Waals surface area contributed by atoms with Gasteiger partial charge in [0, 0.05) is 11.5 Å². The Kier molecular flexibility index (Phi) is 3.09. The highest BCUT2D eigenvalue weighted by Gasteiger charge is 2.11. The number of hydrogen-bond acceptors (Lipinski definition) is 3. The van der Waals surface area contributed by atoms with Crippen molar-refractivity contribution in [2.24, 2.45) is 0 Å². The van der Waals surface area contributed by atoms with Crippen LogP contribution in [-0.4, -0.2) is 18.1 Å². The van der Waals surface area contributed by atoms with Gasteiger partial charge in [-0.3, -0.25) is 4.79 Å². The van der Waals surface area contributed by atoms with Crippen molar-refractivity contribution in [3.63, 3.8) is 0 Å². The summed E-state index contributed by atoms with van der Waals surface area (Å²) in [4.78, 5) is 25.8. The van der Waals surface area contributed by atoms with Crippen molar-refractivity contribution < 1.29 is 9.53 Å². The van der Waals surface area contributed by atoms with Crippen LogP contribution >= 0.6 is 23.2 Å². The zero-order valence-electron chi connectivity index (χ0n) is 8.71. The third kappa shape index (κ3) is 2.14. The first-order chi connectivity index (χ1) is 8.02. The van der Waals surface area contributed by atoms with E-state index in [0.717, 1.165) is 0 Å². The predicted molar refractivity (Wildman–Crippen MR) is 65.9 cm³/mol. The number of halogens is 2. The molecule has 1 aromatic heterocycles. The summed E-state index contributed by atoms with van der Waals surface area (Å²) >= 11 is 11.6. The Labute approximate surface area is 106 Å². The maximum Gasteiger partial charge on any atom is 0.354 e. The molecule has 0 unspecified atom stereocenters. The van der Waals surface area contributed by atoms with Crippen molar-refractivity contribution in [2.75, 3.05) is 7.11 Å². The number of aromatic amines is 1. The fourth-order valence-corrected chi connectivity index (χ4v) is 1.79. The first-order valence-electron chi connectivity index (χ1n) is 4.63. The molecule has 0 saturated carbocycles. The molecule has 2 rings (SSSR count). The van der Waals surface area contributed by atoms with Crippen LogP contribution in [0.2, 0.25) is 10.0 Å². The monoisotopic (exact) mass is 271 g/mol. The number of pyridine rings is 1. The molecule has 1 aromatic carbocycles. The van der Waals surface area contributed by atoms with E-state index in [1.807, 2.05) is 0 Å².